The van der Waals surface area contributed by atoms with E-state index >= 15 is 0 Å². The van der Waals surface area contributed by atoms with Gasteiger partial charge in [0.2, 0.25) is 0 Å². The third kappa shape index (κ3) is 4.35. The summed E-state index contributed by atoms with van der Waals surface area (Å²) >= 11 is 3.17. The van der Waals surface area contributed by atoms with Crippen molar-refractivity contribution in [2.24, 2.45) is 5.92 Å². The van der Waals surface area contributed by atoms with Crippen LogP contribution in [0.3, 0.4) is 0 Å². The van der Waals surface area contributed by atoms with Gasteiger partial charge in [0, 0.05) is 10.9 Å². The minimum Gasteiger partial charge on any atom is -0.452 e. The van der Waals surface area contributed by atoms with E-state index in [1.54, 1.807) is 0 Å². The molecule has 112 valence electrons. The van der Waals surface area contributed by atoms with E-state index in [9.17, 15) is 9.18 Å². The van der Waals surface area contributed by atoms with Crippen LogP contribution in [-0.4, -0.2) is 16.1 Å². The first-order valence-corrected chi connectivity index (χ1v) is 7.18. The van der Waals surface area contributed by atoms with Crippen molar-refractivity contribution < 1.29 is 18.4 Å². The smallest absolute Gasteiger partial charge is 0.339 e. The molecule has 0 aliphatic heterocycles. The number of hydrogen-bond acceptors (Lipinski definition) is 5. The van der Waals surface area contributed by atoms with Crippen LogP contribution in [0.1, 0.15) is 35.9 Å². The van der Waals surface area contributed by atoms with Crippen molar-refractivity contribution in [1.82, 2.24) is 10.1 Å². The lowest BCUT2D eigenvalue weighted by molar-refractivity contribution is 0.0428. The second-order valence-electron chi connectivity index (χ2n) is 4.90. The zero-order valence-electron chi connectivity index (χ0n) is 11.6. The molecule has 0 N–H and O–H groups in total. The molecule has 0 aliphatic rings. The Morgan fingerprint density at radius 1 is 1.48 bits per heavy atom. The predicted octanol–water partition coefficient (Wildman–Crippen LogP) is 3.53. The Labute approximate surface area is 129 Å². The lowest BCUT2D eigenvalue weighted by Gasteiger charge is -2.04. The monoisotopic (exact) mass is 356 g/mol. The van der Waals surface area contributed by atoms with Gasteiger partial charge in [0.25, 0.3) is 5.89 Å². The third-order valence-corrected chi connectivity index (χ3v) is 3.27. The highest BCUT2D eigenvalue weighted by Gasteiger charge is 2.15. The van der Waals surface area contributed by atoms with E-state index in [1.807, 2.05) is 13.8 Å². The van der Waals surface area contributed by atoms with Crippen LogP contribution in [0.5, 0.6) is 0 Å². The number of esters is 1. The number of nitrogens with zero attached hydrogens (tertiary/aromatic N) is 2. The fourth-order valence-corrected chi connectivity index (χ4v) is 2.06. The molecule has 21 heavy (non-hydrogen) atoms. The number of ether oxygens (including phenoxy) is 1. The highest BCUT2D eigenvalue weighted by atomic mass is 79.9. The highest BCUT2D eigenvalue weighted by molar-refractivity contribution is 9.10. The molecule has 1 heterocycles. The number of carbonyl (C=O) groups is 1. The molecule has 0 spiro atoms. The summed E-state index contributed by atoms with van der Waals surface area (Å²) in [5, 5.41) is 3.79. The number of benzene rings is 1. The van der Waals surface area contributed by atoms with E-state index in [0.717, 1.165) is 6.07 Å². The van der Waals surface area contributed by atoms with Crippen molar-refractivity contribution in [1.29, 1.82) is 0 Å². The van der Waals surface area contributed by atoms with Gasteiger partial charge in [-0.25, -0.2) is 9.18 Å². The summed E-state index contributed by atoms with van der Waals surface area (Å²) in [5.74, 6) is 0.0166. The molecule has 1 aromatic heterocycles. The lowest BCUT2D eigenvalue weighted by Crippen LogP contribution is -2.07. The summed E-state index contributed by atoms with van der Waals surface area (Å²) < 4.78 is 23.6. The van der Waals surface area contributed by atoms with Gasteiger partial charge in [-0.05, 0) is 40.0 Å². The molecule has 2 rings (SSSR count). The molecule has 0 aliphatic carbocycles. The Morgan fingerprint density at radius 2 is 2.24 bits per heavy atom. The Balaban J connectivity index is 1.97. The van der Waals surface area contributed by atoms with Crippen LogP contribution in [0.15, 0.2) is 27.2 Å². The normalized spacial score (nSPS) is 10.9. The molecular weight excluding hydrogens is 343 g/mol. The van der Waals surface area contributed by atoms with E-state index in [2.05, 4.69) is 26.1 Å². The summed E-state index contributed by atoms with van der Waals surface area (Å²) in [6, 6.07) is 3.79. The van der Waals surface area contributed by atoms with Gasteiger partial charge in [0.05, 0.1) is 5.56 Å². The first kappa shape index (κ1) is 15.6. The van der Waals surface area contributed by atoms with Crippen molar-refractivity contribution in [3.63, 3.8) is 0 Å². The molecule has 0 saturated carbocycles. The molecule has 0 bridgehead atoms. The maximum atomic E-state index is 13.1. The van der Waals surface area contributed by atoms with Gasteiger partial charge in [0.1, 0.15) is 5.82 Å². The first-order valence-electron chi connectivity index (χ1n) is 6.39. The first-order chi connectivity index (χ1) is 9.95. The van der Waals surface area contributed by atoms with Gasteiger partial charge in [-0.1, -0.05) is 19.0 Å². The minimum absolute atomic E-state index is 0.108. The molecular formula is C14H14BrFN2O3. The van der Waals surface area contributed by atoms with E-state index in [0.29, 0.717) is 22.6 Å². The van der Waals surface area contributed by atoms with Crippen LogP contribution in [0.2, 0.25) is 0 Å². The second-order valence-corrected chi connectivity index (χ2v) is 5.76. The standard InChI is InChI=1S/C14H14BrFN2O3/c1-8(2)5-12-17-13(21-18-12)7-20-14(19)10-6-9(16)3-4-11(10)15/h3-4,6,8H,5,7H2,1-2H3. The highest BCUT2D eigenvalue weighted by Crippen LogP contribution is 2.19. The van der Waals surface area contributed by atoms with Crippen LogP contribution >= 0.6 is 15.9 Å². The maximum absolute atomic E-state index is 13.1. The van der Waals surface area contributed by atoms with Crippen molar-refractivity contribution in [2.45, 2.75) is 26.9 Å². The molecule has 0 fully saturated rings. The minimum atomic E-state index is -0.662. The summed E-state index contributed by atoms with van der Waals surface area (Å²) in [6.07, 6.45) is 0.687. The van der Waals surface area contributed by atoms with Crippen LogP contribution in [0.4, 0.5) is 4.39 Å². The molecule has 1 aromatic carbocycles. The van der Waals surface area contributed by atoms with E-state index in [4.69, 9.17) is 9.26 Å². The van der Waals surface area contributed by atoms with Crippen molar-refractivity contribution in [2.75, 3.05) is 0 Å². The van der Waals surface area contributed by atoms with Gasteiger partial charge < -0.3 is 9.26 Å². The van der Waals surface area contributed by atoms with E-state index in [-0.39, 0.29) is 18.1 Å². The fourth-order valence-electron chi connectivity index (χ4n) is 1.66. The molecule has 0 saturated heterocycles. The Hall–Kier alpha value is -1.76. The van der Waals surface area contributed by atoms with Crippen molar-refractivity contribution in [3.8, 4) is 0 Å². The van der Waals surface area contributed by atoms with Gasteiger partial charge in [-0.2, -0.15) is 4.98 Å². The topological polar surface area (TPSA) is 65.2 Å². The van der Waals surface area contributed by atoms with Crippen LogP contribution in [0.25, 0.3) is 0 Å². The number of carbonyl (C=O) groups excluding carboxylic acids is 1. The Kier molecular flexibility index (Phi) is 5.06. The summed E-state index contributed by atoms with van der Waals surface area (Å²) in [7, 11) is 0. The summed E-state index contributed by atoms with van der Waals surface area (Å²) in [4.78, 5) is 16.0. The van der Waals surface area contributed by atoms with Gasteiger partial charge in [0.15, 0.2) is 12.4 Å². The lowest BCUT2D eigenvalue weighted by atomic mass is 10.1. The molecule has 5 nitrogen and oxygen atoms in total. The van der Waals surface area contributed by atoms with Gasteiger partial charge in [-0.3, -0.25) is 0 Å². The van der Waals surface area contributed by atoms with Crippen molar-refractivity contribution >= 4 is 21.9 Å². The summed E-state index contributed by atoms with van der Waals surface area (Å²) in [6.45, 7) is 3.93. The quantitative estimate of drug-likeness (QED) is 0.766. The predicted molar refractivity (Wildman–Crippen MR) is 76.1 cm³/mol. The molecule has 0 radical (unpaired) electrons. The van der Waals surface area contributed by atoms with Gasteiger partial charge in [-0.15, -0.1) is 0 Å². The average molecular weight is 357 g/mol. The molecule has 0 amide bonds. The third-order valence-electron chi connectivity index (χ3n) is 2.58. The number of aromatic nitrogens is 2. The zero-order chi connectivity index (χ0) is 15.4. The average Bonchev–Trinajstić information content (AvgIpc) is 2.85. The van der Waals surface area contributed by atoms with Crippen molar-refractivity contribution in [3.05, 3.63) is 45.8 Å². The molecule has 0 unspecified atom stereocenters. The van der Waals surface area contributed by atoms with Crippen LogP contribution in [0, 0.1) is 11.7 Å². The maximum Gasteiger partial charge on any atom is 0.339 e. The summed E-state index contributed by atoms with van der Waals surface area (Å²) in [5.41, 5.74) is 0.108. The largest absolute Gasteiger partial charge is 0.452 e. The molecule has 7 heteroatoms. The van der Waals surface area contributed by atoms with E-state index < -0.39 is 11.8 Å². The molecule has 2 aromatic rings. The second kappa shape index (κ2) is 6.80. The van der Waals surface area contributed by atoms with Crippen LogP contribution in [-0.2, 0) is 17.8 Å². The SMILES string of the molecule is CC(C)Cc1noc(COC(=O)c2cc(F)ccc2Br)n1. The number of hydrogen-bond donors (Lipinski definition) is 0. The molecule has 0 atom stereocenters. The number of rotatable bonds is 5. The fraction of sp³-hybridized carbons (Fsp3) is 0.357. The number of halogens is 2. The Morgan fingerprint density at radius 3 is 2.95 bits per heavy atom. The van der Waals surface area contributed by atoms with Gasteiger partial charge >= 0.3 is 5.97 Å². The zero-order valence-corrected chi connectivity index (χ0v) is 13.2. The van der Waals surface area contributed by atoms with Crippen LogP contribution < -0.4 is 0 Å². The Bertz CT molecular complexity index is 643. The van der Waals surface area contributed by atoms with E-state index in [1.165, 1.54) is 12.1 Å².